The number of hydrogen-bond donors (Lipinski definition) is 2. The van der Waals surface area contributed by atoms with Crippen LogP contribution in [0.3, 0.4) is 0 Å². The van der Waals surface area contributed by atoms with Crippen molar-refractivity contribution in [2.45, 2.75) is 6.10 Å². The van der Waals surface area contributed by atoms with Crippen LogP contribution < -0.4 is 5.32 Å². The first-order valence-electron chi connectivity index (χ1n) is 5.83. The van der Waals surface area contributed by atoms with Gasteiger partial charge in [-0.15, -0.1) is 0 Å². The number of morpholine rings is 1. The predicted molar refractivity (Wildman–Crippen MR) is 77.1 cm³/mol. The molecule has 1 saturated heterocycles. The van der Waals surface area contributed by atoms with E-state index in [0.717, 1.165) is 0 Å². The average molecular weight is 364 g/mol. The fourth-order valence-electron chi connectivity index (χ4n) is 1.77. The molecule has 0 aromatic heterocycles. The molecule has 1 fully saturated rings. The lowest BCUT2D eigenvalue weighted by atomic mass is 10.3. The molecule has 2 rings (SSSR count). The zero-order chi connectivity index (χ0) is 14.7. The highest BCUT2D eigenvalue weighted by Crippen LogP contribution is 2.26. The van der Waals surface area contributed by atoms with Crippen LogP contribution in [-0.2, 0) is 9.53 Å². The van der Waals surface area contributed by atoms with Crippen LogP contribution in [0, 0.1) is 0 Å². The van der Waals surface area contributed by atoms with Gasteiger partial charge >= 0.3 is 12.0 Å². The summed E-state index contributed by atoms with van der Waals surface area (Å²) in [6.07, 6.45) is -0.989. The Labute approximate surface area is 128 Å². The van der Waals surface area contributed by atoms with Gasteiger partial charge < -0.3 is 20.1 Å². The summed E-state index contributed by atoms with van der Waals surface area (Å²) in [4.78, 5) is 24.4. The van der Waals surface area contributed by atoms with E-state index in [1.807, 2.05) is 0 Å². The zero-order valence-corrected chi connectivity index (χ0v) is 12.6. The number of nitrogens with zero attached hydrogens (tertiary/aromatic N) is 1. The second-order valence-electron chi connectivity index (χ2n) is 4.20. The molecule has 1 unspecified atom stereocenters. The van der Waals surface area contributed by atoms with Gasteiger partial charge in [-0.2, -0.15) is 0 Å². The van der Waals surface area contributed by atoms with Gasteiger partial charge in [0.2, 0.25) is 0 Å². The Morgan fingerprint density at radius 3 is 2.95 bits per heavy atom. The molecule has 1 aromatic carbocycles. The molecule has 0 radical (unpaired) electrons. The highest BCUT2D eigenvalue weighted by Gasteiger charge is 2.29. The maximum Gasteiger partial charge on any atom is 0.334 e. The first-order chi connectivity index (χ1) is 9.47. The molecule has 20 heavy (non-hydrogen) atoms. The van der Waals surface area contributed by atoms with Gasteiger partial charge in [-0.25, -0.2) is 9.59 Å². The lowest BCUT2D eigenvalue weighted by Crippen LogP contribution is -2.49. The number of rotatable bonds is 2. The van der Waals surface area contributed by atoms with Gasteiger partial charge in [-0.1, -0.05) is 11.6 Å². The molecule has 1 aliphatic rings. The number of benzene rings is 1. The van der Waals surface area contributed by atoms with Gasteiger partial charge in [0.1, 0.15) is 0 Å². The van der Waals surface area contributed by atoms with Gasteiger partial charge in [-0.05, 0) is 34.1 Å². The van der Waals surface area contributed by atoms with Gasteiger partial charge in [0.15, 0.2) is 6.10 Å². The zero-order valence-electron chi connectivity index (χ0n) is 10.3. The quantitative estimate of drug-likeness (QED) is 0.846. The van der Waals surface area contributed by atoms with Crippen LogP contribution in [0.15, 0.2) is 22.7 Å². The molecule has 0 saturated carbocycles. The number of ether oxygens (including phenoxy) is 1. The Morgan fingerprint density at radius 2 is 2.25 bits per heavy atom. The van der Waals surface area contributed by atoms with Crippen molar-refractivity contribution in [3.63, 3.8) is 0 Å². The number of carbonyl (C=O) groups is 2. The number of carbonyl (C=O) groups excluding carboxylic acids is 1. The monoisotopic (exact) mass is 362 g/mol. The third-order valence-electron chi connectivity index (χ3n) is 2.80. The number of carboxylic acids is 1. The Balaban J connectivity index is 2.04. The number of carboxylic acid groups (broad SMARTS) is 1. The molecular weight excluding hydrogens is 351 g/mol. The van der Waals surface area contributed by atoms with Crippen molar-refractivity contribution in [3.8, 4) is 0 Å². The largest absolute Gasteiger partial charge is 0.479 e. The number of amides is 2. The Hall–Kier alpha value is -1.31. The standard InChI is InChI=1S/C12H12BrClN2O4/c13-8-2-1-7(14)5-9(8)15-12(19)16-3-4-20-10(6-16)11(17)18/h1-2,5,10H,3-4,6H2,(H,15,19)(H,17,18). The summed E-state index contributed by atoms with van der Waals surface area (Å²) in [7, 11) is 0. The molecule has 6 nitrogen and oxygen atoms in total. The van der Waals surface area contributed by atoms with E-state index >= 15 is 0 Å². The normalized spacial score (nSPS) is 18.7. The Morgan fingerprint density at radius 1 is 1.50 bits per heavy atom. The van der Waals surface area contributed by atoms with Crippen molar-refractivity contribution in [2.24, 2.45) is 0 Å². The number of urea groups is 1. The minimum absolute atomic E-state index is 0.0132. The van der Waals surface area contributed by atoms with Gasteiger partial charge in [0.25, 0.3) is 0 Å². The summed E-state index contributed by atoms with van der Waals surface area (Å²) in [5, 5.41) is 12.1. The third-order valence-corrected chi connectivity index (χ3v) is 3.73. The number of anilines is 1. The molecule has 1 aromatic rings. The van der Waals surface area contributed by atoms with Crippen molar-refractivity contribution >= 4 is 45.2 Å². The number of halogens is 2. The third kappa shape index (κ3) is 3.62. The smallest absolute Gasteiger partial charge is 0.334 e. The molecule has 2 N–H and O–H groups in total. The van der Waals surface area contributed by atoms with E-state index in [-0.39, 0.29) is 19.2 Å². The van der Waals surface area contributed by atoms with Gasteiger partial charge in [0, 0.05) is 16.0 Å². The van der Waals surface area contributed by atoms with Gasteiger partial charge in [0.05, 0.1) is 18.8 Å². The fourth-order valence-corrected chi connectivity index (χ4v) is 2.29. The molecule has 1 aliphatic heterocycles. The van der Waals surface area contributed by atoms with E-state index in [9.17, 15) is 9.59 Å². The molecule has 0 aliphatic carbocycles. The van der Waals surface area contributed by atoms with Crippen molar-refractivity contribution < 1.29 is 19.4 Å². The van der Waals surface area contributed by atoms with Crippen LogP contribution in [0.4, 0.5) is 10.5 Å². The summed E-state index contributed by atoms with van der Waals surface area (Å²) in [5.41, 5.74) is 0.529. The van der Waals surface area contributed by atoms with E-state index in [0.29, 0.717) is 21.7 Å². The van der Waals surface area contributed by atoms with Crippen LogP contribution in [0.5, 0.6) is 0 Å². The first-order valence-corrected chi connectivity index (χ1v) is 7.00. The van der Waals surface area contributed by atoms with Crippen molar-refractivity contribution in [2.75, 3.05) is 25.0 Å². The van der Waals surface area contributed by atoms with Crippen molar-refractivity contribution in [1.29, 1.82) is 0 Å². The highest BCUT2D eigenvalue weighted by molar-refractivity contribution is 9.10. The summed E-state index contributed by atoms with van der Waals surface area (Å²) in [6.45, 7) is 0.550. The van der Waals surface area contributed by atoms with E-state index < -0.39 is 12.1 Å². The van der Waals surface area contributed by atoms with E-state index in [2.05, 4.69) is 21.2 Å². The van der Waals surface area contributed by atoms with Crippen LogP contribution in [0.25, 0.3) is 0 Å². The molecular formula is C12H12BrClN2O4. The Bertz CT molecular complexity index is 540. The molecule has 2 amide bonds. The SMILES string of the molecule is O=C(O)C1CN(C(=O)Nc2cc(Cl)ccc2Br)CCO1. The molecule has 1 heterocycles. The number of hydrogen-bond acceptors (Lipinski definition) is 3. The summed E-state index contributed by atoms with van der Waals surface area (Å²) < 4.78 is 5.75. The second kappa shape index (κ2) is 6.43. The summed E-state index contributed by atoms with van der Waals surface area (Å²) in [5.74, 6) is -1.08. The van der Waals surface area contributed by atoms with E-state index in [4.69, 9.17) is 21.4 Å². The molecule has 0 spiro atoms. The molecule has 108 valence electrons. The second-order valence-corrected chi connectivity index (χ2v) is 5.49. The van der Waals surface area contributed by atoms with Crippen LogP contribution in [0.2, 0.25) is 5.02 Å². The van der Waals surface area contributed by atoms with Crippen molar-refractivity contribution in [3.05, 3.63) is 27.7 Å². The van der Waals surface area contributed by atoms with Crippen molar-refractivity contribution in [1.82, 2.24) is 4.90 Å². The van der Waals surface area contributed by atoms with Crippen LogP contribution >= 0.6 is 27.5 Å². The lowest BCUT2D eigenvalue weighted by Gasteiger charge is -2.31. The fraction of sp³-hybridized carbons (Fsp3) is 0.333. The number of nitrogens with one attached hydrogen (secondary N) is 1. The minimum atomic E-state index is -1.08. The molecule has 0 bridgehead atoms. The van der Waals surface area contributed by atoms with Crippen LogP contribution in [0.1, 0.15) is 0 Å². The topological polar surface area (TPSA) is 78.9 Å². The lowest BCUT2D eigenvalue weighted by molar-refractivity contribution is -0.154. The van der Waals surface area contributed by atoms with E-state index in [1.54, 1.807) is 18.2 Å². The Kier molecular flexibility index (Phi) is 4.85. The van der Waals surface area contributed by atoms with E-state index in [1.165, 1.54) is 4.90 Å². The maximum absolute atomic E-state index is 12.1. The highest BCUT2D eigenvalue weighted by atomic mass is 79.9. The predicted octanol–water partition coefficient (Wildman–Crippen LogP) is 2.42. The van der Waals surface area contributed by atoms with Gasteiger partial charge in [-0.3, -0.25) is 0 Å². The summed E-state index contributed by atoms with van der Waals surface area (Å²) >= 11 is 9.17. The average Bonchev–Trinajstić information content (AvgIpc) is 2.43. The molecule has 1 atom stereocenters. The summed E-state index contributed by atoms with van der Waals surface area (Å²) in [6, 6.07) is 4.63. The minimum Gasteiger partial charge on any atom is -0.479 e. The first kappa shape index (κ1) is 15.1. The molecule has 8 heteroatoms. The maximum atomic E-state index is 12.1. The number of aliphatic carboxylic acids is 1. The van der Waals surface area contributed by atoms with Crippen LogP contribution in [-0.4, -0.2) is 47.8 Å².